The molecule has 3 aromatic rings. The molecule has 13 heteroatoms. The fourth-order valence-electron chi connectivity index (χ4n) is 6.59. The summed E-state index contributed by atoms with van der Waals surface area (Å²) in [4.78, 5) is 41.2. The molecule has 0 spiro atoms. The molecule has 2 atom stereocenters. The lowest BCUT2D eigenvalue weighted by molar-refractivity contribution is -0.0209. The Kier molecular flexibility index (Phi) is 7.45. The third kappa shape index (κ3) is 4.69. The number of benzene rings is 2. The lowest BCUT2D eigenvalue weighted by Crippen LogP contribution is -2.66. The number of fused-ring (bicyclic) bond motifs is 5. The standard InChI is InChI=1S/C31H29F2N3O7S/c1-40-31(39)43-16-42-29-23(37)8-9-35-28(29)30(38)34-10-11-41-14-25(34)36(35)27-19-6-7-22(32)26(33)21(19)15-44-24-13-18-5-3-2-4-17(18)12-20(24)27/h6-9,12-13,25,27H,2-5,10-11,14-16H2,1H3/t25-,27+/m1/s1. The van der Waals surface area contributed by atoms with Crippen LogP contribution in [0.1, 0.15) is 57.2 Å². The van der Waals surface area contributed by atoms with E-state index in [1.807, 2.05) is 5.01 Å². The topological polar surface area (TPSA) is 99.5 Å². The molecule has 0 unspecified atom stereocenters. The molecule has 4 heterocycles. The van der Waals surface area contributed by atoms with Crippen LogP contribution in [-0.4, -0.2) is 61.5 Å². The van der Waals surface area contributed by atoms with Crippen LogP contribution < -0.4 is 15.2 Å². The Hall–Kier alpha value is -4.10. The van der Waals surface area contributed by atoms with Crippen molar-refractivity contribution in [3.63, 3.8) is 0 Å². The van der Waals surface area contributed by atoms with Gasteiger partial charge in [-0.15, -0.1) is 11.8 Å². The minimum Gasteiger partial charge on any atom is -0.451 e. The van der Waals surface area contributed by atoms with E-state index in [-0.39, 0.29) is 42.5 Å². The number of hydrogen-bond donors (Lipinski definition) is 0. The highest BCUT2D eigenvalue weighted by molar-refractivity contribution is 7.98. The molecule has 0 bridgehead atoms. The number of morpholine rings is 1. The molecule has 1 aliphatic carbocycles. The number of aromatic nitrogens is 1. The number of carbonyl (C=O) groups excluding carboxylic acids is 2. The first-order valence-electron chi connectivity index (χ1n) is 14.4. The minimum absolute atomic E-state index is 0.0790. The van der Waals surface area contributed by atoms with Crippen molar-refractivity contribution in [2.24, 2.45) is 0 Å². The summed E-state index contributed by atoms with van der Waals surface area (Å²) >= 11 is 1.46. The van der Waals surface area contributed by atoms with Gasteiger partial charge in [-0.2, -0.15) is 0 Å². The molecule has 0 radical (unpaired) electrons. The summed E-state index contributed by atoms with van der Waals surface area (Å²) in [5.74, 6) is -2.41. The SMILES string of the molecule is COC(=O)OCOc1c2n(ccc1=O)N([C@@H]1c3cc4c(cc3SCc3c1ccc(F)c3F)CCCC4)[C@@H]1COCCN1C2=O. The Morgan fingerprint density at radius 3 is 2.68 bits per heavy atom. The quantitative estimate of drug-likeness (QED) is 0.311. The smallest absolute Gasteiger partial charge is 0.451 e. The van der Waals surface area contributed by atoms with E-state index in [1.165, 1.54) is 35.2 Å². The molecule has 0 saturated carbocycles. The van der Waals surface area contributed by atoms with Crippen molar-refractivity contribution >= 4 is 23.8 Å². The third-order valence-electron chi connectivity index (χ3n) is 8.63. The predicted octanol–water partition coefficient (Wildman–Crippen LogP) is 4.27. The zero-order chi connectivity index (χ0) is 30.5. The maximum atomic E-state index is 15.6. The number of aryl methyl sites for hydroxylation is 2. The molecular weight excluding hydrogens is 596 g/mol. The number of hydrogen-bond acceptors (Lipinski definition) is 9. The van der Waals surface area contributed by atoms with E-state index < -0.39 is 48.1 Å². The first-order chi connectivity index (χ1) is 21.4. The number of rotatable bonds is 4. The average molecular weight is 626 g/mol. The van der Waals surface area contributed by atoms with Crippen molar-refractivity contribution in [2.75, 3.05) is 38.7 Å². The van der Waals surface area contributed by atoms with E-state index in [9.17, 15) is 18.8 Å². The first-order valence-corrected chi connectivity index (χ1v) is 15.4. The van der Waals surface area contributed by atoms with E-state index in [0.29, 0.717) is 5.56 Å². The van der Waals surface area contributed by atoms with Crippen molar-refractivity contribution in [1.82, 2.24) is 9.58 Å². The Bertz CT molecular complexity index is 1730. The molecule has 230 valence electrons. The molecule has 1 amide bonds. The van der Waals surface area contributed by atoms with Gasteiger partial charge in [0.15, 0.2) is 17.3 Å². The molecule has 1 saturated heterocycles. The largest absolute Gasteiger partial charge is 0.510 e. The zero-order valence-electron chi connectivity index (χ0n) is 23.8. The van der Waals surface area contributed by atoms with Gasteiger partial charge in [-0.3, -0.25) is 19.3 Å². The van der Waals surface area contributed by atoms with Crippen molar-refractivity contribution in [2.45, 2.75) is 48.5 Å². The minimum atomic E-state index is -1.02. The van der Waals surface area contributed by atoms with E-state index >= 15 is 4.39 Å². The number of carbonyl (C=O) groups is 2. The highest BCUT2D eigenvalue weighted by Gasteiger charge is 2.46. The molecule has 10 nitrogen and oxygen atoms in total. The van der Waals surface area contributed by atoms with Crippen LogP contribution in [0.5, 0.6) is 5.75 Å². The number of pyridine rings is 1. The Morgan fingerprint density at radius 2 is 1.89 bits per heavy atom. The van der Waals surface area contributed by atoms with E-state index in [4.69, 9.17) is 14.2 Å². The van der Waals surface area contributed by atoms with Gasteiger partial charge in [-0.25, -0.2) is 13.6 Å². The lowest BCUT2D eigenvalue weighted by Gasteiger charge is -2.51. The number of amides is 1. The zero-order valence-corrected chi connectivity index (χ0v) is 24.7. The number of thioether (sulfide) groups is 1. The van der Waals surface area contributed by atoms with Crippen LogP contribution in [0.4, 0.5) is 13.6 Å². The molecule has 1 fully saturated rings. The summed E-state index contributed by atoms with van der Waals surface area (Å²) in [7, 11) is 1.13. The summed E-state index contributed by atoms with van der Waals surface area (Å²) in [6, 6.07) is 7.61. The van der Waals surface area contributed by atoms with Crippen molar-refractivity contribution < 1.29 is 37.3 Å². The van der Waals surface area contributed by atoms with Gasteiger partial charge in [0.1, 0.15) is 6.17 Å². The van der Waals surface area contributed by atoms with Crippen LogP contribution in [0.3, 0.4) is 0 Å². The van der Waals surface area contributed by atoms with Gasteiger partial charge in [0, 0.05) is 35.0 Å². The second-order valence-corrected chi connectivity index (χ2v) is 12.0. The maximum Gasteiger partial charge on any atom is 0.510 e. The molecule has 3 aliphatic heterocycles. The van der Waals surface area contributed by atoms with E-state index in [0.717, 1.165) is 49.3 Å². The maximum absolute atomic E-state index is 15.6. The summed E-state index contributed by atoms with van der Waals surface area (Å²) in [5.41, 5.74) is 3.46. The summed E-state index contributed by atoms with van der Waals surface area (Å²) in [5, 5.41) is 1.89. The lowest BCUT2D eigenvalue weighted by atomic mass is 9.86. The normalized spacial score (nSPS) is 20.4. The fourth-order valence-corrected chi connectivity index (χ4v) is 7.74. The molecule has 0 N–H and O–H groups in total. The molecule has 2 aromatic carbocycles. The van der Waals surface area contributed by atoms with Crippen molar-refractivity contribution in [1.29, 1.82) is 0 Å². The Morgan fingerprint density at radius 1 is 1.09 bits per heavy atom. The van der Waals surface area contributed by atoms with Crippen LogP contribution >= 0.6 is 11.8 Å². The number of ether oxygens (including phenoxy) is 4. The van der Waals surface area contributed by atoms with Gasteiger partial charge in [0.25, 0.3) is 5.91 Å². The highest BCUT2D eigenvalue weighted by atomic mass is 32.2. The summed E-state index contributed by atoms with van der Waals surface area (Å²) in [6.07, 6.45) is 3.81. The van der Waals surface area contributed by atoms with Crippen LogP contribution in [0.25, 0.3) is 0 Å². The summed E-state index contributed by atoms with van der Waals surface area (Å²) < 4.78 is 52.5. The van der Waals surface area contributed by atoms with Gasteiger partial charge in [0.2, 0.25) is 18.0 Å². The Balaban J connectivity index is 1.46. The van der Waals surface area contributed by atoms with Gasteiger partial charge in [-0.05, 0) is 60.1 Å². The number of halogens is 2. The summed E-state index contributed by atoms with van der Waals surface area (Å²) in [6.45, 7) is -0.0247. The molecule has 44 heavy (non-hydrogen) atoms. The molecular formula is C31H29F2N3O7S. The van der Waals surface area contributed by atoms with Crippen molar-refractivity contribution in [3.05, 3.63) is 91.9 Å². The van der Waals surface area contributed by atoms with Crippen LogP contribution in [0, 0.1) is 11.6 Å². The van der Waals surface area contributed by atoms with Crippen molar-refractivity contribution in [3.8, 4) is 5.75 Å². The predicted molar refractivity (Wildman–Crippen MR) is 154 cm³/mol. The number of methoxy groups -OCH3 is 1. The van der Waals surface area contributed by atoms with Crippen LogP contribution in [0.2, 0.25) is 0 Å². The molecule has 7 rings (SSSR count). The number of nitrogens with zero attached hydrogens (tertiary/aromatic N) is 3. The van der Waals surface area contributed by atoms with Gasteiger partial charge in [-0.1, -0.05) is 12.1 Å². The Labute approximate surface area is 255 Å². The fraction of sp³-hybridized carbons (Fsp3) is 0.387. The van der Waals surface area contributed by atoms with Gasteiger partial charge in [0.05, 0.1) is 26.4 Å². The first kappa shape index (κ1) is 28.7. The van der Waals surface area contributed by atoms with Crippen LogP contribution in [0.15, 0.2) is 46.2 Å². The second kappa shape index (κ2) is 11.4. The monoisotopic (exact) mass is 625 g/mol. The van der Waals surface area contributed by atoms with Crippen LogP contribution in [-0.2, 0) is 32.8 Å². The third-order valence-corrected chi connectivity index (χ3v) is 9.73. The molecule has 4 aliphatic rings. The molecule has 1 aromatic heterocycles. The van der Waals surface area contributed by atoms with E-state index in [2.05, 4.69) is 16.9 Å². The highest BCUT2D eigenvalue weighted by Crippen LogP contribution is 2.46. The average Bonchev–Trinajstić information content (AvgIpc) is 3.19. The van der Waals surface area contributed by atoms with Gasteiger partial charge < -0.3 is 23.8 Å². The van der Waals surface area contributed by atoms with E-state index in [1.54, 1.807) is 15.6 Å². The van der Waals surface area contributed by atoms with Gasteiger partial charge >= 0.3 is 6.16 Å². The second-order valence-electron chi connectivity index (χ2n) is 11.0.